The van der Waals surface area contributed by atoms with Crippen molar-refractivity contribution in [3.8, 4) is 6.07 Å². The Labute approximate surface area is 125 Å². The Morgan fingerprint density at radius 1 is 1.48 bits per heavy atom. The standard InChI is InChI=1S/C16H21N3O2/c1-11-4-6-18-16(12(11)9-17)19-7-2-3-14(19)13-10-21-8-5-15(13)20/h4,6,13-15,20H,2-3,5,7-8,10H2,1H3. The predicted molar refractivity (Wildman–Crippen MR) is 79.0 cm³/mol. The summed E-state index contributed by atoms with van der Waals surface area (Å²) in [5, 5.41) is 19.7. The van der Waals surface area contributed by atoms with Crippen molar-refractivity contribution in [3.63, 3.8) is 0 Å². The van der Waals surface area contributed by atoms with Crippen LogP contribution in [0.25, 0.3) is 0 Å². The van der Waals surface area contributed by atoms with Gasteiger partial charge in [0.15, 0.2) is 0 Å². The first-order valence-electron chi connectivity index (χ1n) is 7.60. The first kappa shape index (κ1) is 14.3. The van der Waals surface area contributed by atoms with Gasteiger partial charge in [-0.05, 0) is 37.8 Å². The number of pyridine rings is 1. The molecule has 3 atom stereocenters. The van der Waals surface area contributed by atoms with Gasteiger partial charge in [-0.1, -0.05) is 0 Å². The van der Waals surface area contributed by atoms with Crippen molar-refractivity contribution in [2.24, 2.45) is 5.92 Å². The van der Waals surface area contributed by atoms with Crippen molar-refractivity contribution in [2.75, 3.05) is 24.7 Å². The van der Waals surface area contributed by atoms with Crippen molar-refractivity contribution in [3.05, 3.63) is 23.4 Å². The number of aliphatic hydroxyl groups is 1. The average molecular weight is 287 g/mol. The molecule has 5 heteroatoms. The Balaban J connectivity index is 1.91. The molecule has 1 aromatic heterocycles. The molecule has 2 saturated heterocycles. The van der Waals surface area contributed by atoms with Gasteiger partial charge in [-0.15, -0.1) is 0 Å². The van der Waals surface area contributed by atoms with Gasteiger partial charge in [0.05, 0.1) is 18.3 Å². The van der Waals surface area contributed by atoms with Crippen LogP contribution in [0, 0.1) is 24.2 Å². The van der Waals surface area contributed by atoms with Crippen molar-refractivity contribution in [1.82, 2.24) is 4.98 Å². The Morgan fingerprint density at radius 2 is 2.33 bits per heavy atom. The minimum absolute atomic E-state index is 0.107. The fourth-order valence-corrected chi connectivity index (χ4v) is 3.52. The van der Waals surface area contributed by atoms with Gasteiger partial charge >= 0.3 is 0 Å². The van der Waals surface area contributed by atoms with Crippen LogP contribution in [0.5, 0.6) is 0 Å². The molecule has 112 valence electrons. The van der Waals surface area contributed by atoms with E-state index in [1.54, 1.807) is 6.20 Å². The molecule has 0 saturated carbocycles. The van der Waals surface area contributed by atoms with Crippen LogP contribution in [-0.2, 0) is 4.74 Å². The van der Waals surface area contributed by atoms with Crippen molar-refractivity contribution >= 4 is 5.82 Å². The number of aromatic nitrogens is 1. The van der Waals surface area contributed by atoms with Gasteiger partial charge in [-0.3, -0.25) is 0 Å². The molecule has 0 spiro atoms. The van der Waals surface area contributed by atoms with E-state index in [0.717, 1.165) is 30.8 Å². The summed E-state index contributed by atoms with van der Waals surface area (Å²) in [7, 11) is 0. The molecule has 1 aromatic rings. The third-order valence-electron chi connectivity index (χ3n) is 4.68. The molecule has 0 aromatic carbocycles. The molecule has 2 aliphatic rings. The third kappa shape index (κ3) is 2.61. The number of ether oxygens (including phenoxy) is 1. The molecule has 2 fully saturated rings. The highest BCUT2D eigenvalue weighted by Crippen LogP contribution is 2.34. The number of nitriles is 1. The van der Waals surface area contributed by atoms with Gasteiger partial charge in [-0.2, -0.15) is 5.26 Å². The van der Waals surface area contributed by atoms with Crippen LogP contribution in [0.15, 0.2) is 12.3 Å². The summed E-state index contributed by atoms with van der Waals surface area (Å²) >= 11 is 0. The van der Waals surface area contributed by atoms with E-state index in [9.17, 15) is 10.4 Å². The quantitative estimate of drug-likeness (QED) is 0.895. The lowest BCUT2D eigenvalue weighted by Crippen LogP contribution is -2.46. The Morgan fingerprint density at radius 3 is 3.10 bits per heavy atom. The largest absolute Gasteiger partial charge is 0.393 e. The third-order valence-corrected chi connectivity index (χ3v) is 4.68. The van der Waals surface area contributed by atoms with Gasteiger partial charge in [0.25, 0.3) is 0 Å². The van der Waals surface area contributed by atoms with Crippen molar-refractivity contribution in [1.29, 1.82) is 5.26 Å². The molecule has 5 nitrogen and oxygen atoms in total. The molecule has 21 heavy (non-hydrogen) atoms. The number of aryl methyl sites for hydroxylation is 1. The zero-order chi connectivity index (χ0) is 14.8. The summed E-state index contributed by atoms with van der Waals surface area (Å²) in [4.78, 5) is 6.65. The number of anilines is 1. The lowest BCUT2D eigenvalue weighted by molar-refractivity contribution is -0.0438. The second-order valence-corrected chi connectivity index (χ2v) is 5.94. The predicted octanol–water partition coefficient (Wildman–Crippen LogP) is 1.63. The molecule has 3 heterocycles. The monoisotopic (exact) mass is 287 g/mol. The summed E-state index contributed by atoms with van der Waals surface area (Å²) in [5.41, 5.74) is 1.60. The number of hydrogen-bond donors (Lipinski definition) is 1. The average Bonchev–Trinajstić information content (AvgIpc) is 2.96. The highest BCUT2D eigenvalue weighted by molar-refractivity contribution is 5.58. The maximum Gasteiger partial charge on any atom is 0.147 e. The second-order valence-electron chi connectivity index (χ2n) is 5.94. The lowest BCUT2D eigenvalue weighted by Gasteiger charge is -2.37. The summed E-state index contributed by atoms with van der Waals surface area (Å²) in [6.45, 7) is 4.05. The van der Waals surface area contributed by atoms with E-state index in [1.165, 1.54) is 0 Å². The lowest BCUT2D eigenvalue weighted by atomic mass is 9.89. The van der Waals surface area contributed by atoms with Gasteiger partial charge in [0, 0.05) is 31.3 Å². The van der Waals surface area contributed by atoms with E-state index in [4.69, 9.17) is 4.74 Å². The second kappa shape index (κ2) is 6.00. The SMILES string of the molecule is Cc1ccnc(N2CCCC2C2COCCC2O)c1C#N. The van der Waals surface area contributed by atoms with E-state index < -0.39 is 0 Å². The maximum absolute atomic E-state index is 10.3. The van der Waals surface area contributed by atoms with Crippen molar-refractivity contribution < 1.29 is 9.84 Å². The van der Waals surface area contributed by atoms with Crippen LogP contribution in [0.3, 0.4) is 0 Å². The Hall–Kier alpha value is -1.64. The van der Waals surface area contributed by atoms with E-state index in [2.05, 4.69) is 16.0 Å². The number of aliphatic hydroxyl groups excluding tert-OH is 1. The first-order valence-corrected chi connectivity index (χ1v) is 7.60. The smallest absolute Gasteiger partial charge is 0.147 e. The van der Waals surface area contributed by atoms with Crippen molar-refractivity contribution in [2.45, 2.75) is 38.3 Å². The molecule has 1 N–H and O–H groups in total. The van der Waals surface area contributed by atoms with E-state index >= 15 is 0 Å². The maximum atomic E-state index is 10.3. The zero-order valence-electron chi connectivity index (χ0n) is 12.3. The summed E-state index contributed by atoms with van der Waals surface area (Å²) in [6, 6.07) is 4.35. The Kier molecular flexibility index (Phi) is 4.09. The van der Waals surface area contributed by atoms with Crippen LogP contribution < -0.4 is 4.90 Å². The van der Waals surface area contributed by atoms with E-state index in [-0.39, 0.29) is 18.1 Å². The zero-order valence-corrected chi connectivity index (χ0v) is 12.3. The minimum Gasteiger partial charge on any atom is -0.393 e. The molecule has 0 bridgehead atoms. The summed E-state index contributed by atoms with van der Waals surface area (Å²) < 4.78 is 5.56. The fourth-order valence-electron chi connectivity index (χ4n) is 3.52. The molecule has 2 aliphatic heterocycles. The molecule has 3 unspecified atom stereocenters. The number of nitrogens with zero attached hydrogens (tertiary/aromatic N) is 3. The first-order chi connectivity index (χ1) is 10.2. The van der Waals surface area contributed by atoms with Crippen LogP contribution in [-0.4, -0.2) is 42.0 Å². The van der Waals surface area contributed by atoms with Gasteiger partial charge in [-0.25, -0.2) is 4.98 Å². The van der Waals surface area contributed by atoms with Crippen LogP contribution in [0.2, 0.25) is 0 Å². The normalized spacial score (nSPS) is 29.4. The minimum atomic E-state index is -0.320. The van der Waals surface area contributed by atoms with E-state index in [1.807, 2.05) is 13.0 Å². The summed E-state index contributed by atoms with van der Waals surface area (Å²) in [6.07, 6.45) is 4.22. The topological polar surface area (TPSA) is 69.4 Å². The molecule has 3 rings (SSSR count). The number of hydrogen-bond acceptors (Lipinski definition) is 5. The molecular weight excluding hydrogens is 266 g/mol. The van der Waals surface area contributed by atoms with Gasteiger partial charge < -0.3 is 14.7 Å². The van der Waals surface area contributed by atoms with E-state index in [0.29, 0.717) is 25.2 Å². The highest BCUT2D eigenvalue weighted by atomic mass is 16.5. The molecule has 0 amide bonds. The van der Waals surface area contributed by atoms with Crippen LogP contribution in [0.4, 0.5) is 5.82 Å². The van der Waals surface area contributed by atoms with Crippen LogP contribution >= 0.6 is 0 Å². The molecule has 0 aliphatic carbocycles. The van der Waals surface area contributed by atoms with Gasteiger partial charge in [0.1, 0.15) is 11.9 Å². The summed E-state index contributed by atoms with van der Waals surface area (Å²) in [5.74, 6) is 0.868. The Bertz CT molecular complexity index is 555. The molecule has 0 radical (unpaired) electrons. The van der Waals surface area contributed by atoms with Gasteiger partial charge in [0.2, 0.25) is 0 Å². The molecular formula is C16H21N3O2. The fraction of sp³-hybridized carbons (Fsp3) is 0.625. The number of rotatable bonds is 2. The van der Waals surface area contributed by atoms with Crippen LogP contribution in [0.1, 0.15) is 30.4 Å². The highest BCUT2D eigenvalue weighted by Gasteiger charge is 2.38.